The second-order valence-corrected chi connectivity index (χ2v) is 10.4. The lowest BCUT2D eigenvalue weighted by Crippen LogP contribution is -2.58. The van der Waals surface area contributed by atoms with Crippen molar-refractivity contribution in [1.29, 1.82) is 0 Å². The predicted octanol–water partition coefficient (Wildman–Crippen LogP) is 2.58. The van der Waals surface area contributed by atoms with Crippen LogP contribution in [0.5, 0.6) is 0 Å². The zero-order valence-corrected chi connectivity index (χ0v) is 21.7. The van der Waals surface area contributed by atoms with Gasteiger partial charge in [0, 0.05) is 49.7 Å². The summed E-state index contributed by atoms with van der Waals surface area (Å²) in [6.45, 7) is 9.93. The molecule has 0 aromatic carbocycles. The van der Waals surface area contributed by atoms with Gasteiger partial charge in [0.15, 0.2) is 22.8 Å². The van der Waals surface area contributed by atoms with Crippen molar-refractivity contribution in [3.63, 3.8) is 0 Å². The SMILES string of the molecule is CC(C)n1cnc2c(NCc3cccnc3-n3ccc(C(C)(C)O)n3)nc(N3CC(N(C)C)C3)nc21. The first-order valence-electron chi connectivity index (χ1n) is 12.2. The van der Waals surface area contributed by atoms with Crippen LogP contribution in [0.1, 0.15) is 45.0 Å². The van der Waals surface area contributed by atoms with Crippen molar-refractivity contribution >= 4 is 22.9 Å². The third kappa shape index (κ3) is 4.51. The van der Waals surface area contributed by atoms with E-state index in [1.807, 2.05) is 24.7 Å². The molecule has 11 nitrogen and oxygen atoms in total. The summed E-state index contributed by atoms with van der Waals surface area (Å²) in [5.74, 6) is 2.09. The van der Waals surface area contributed by atoms with E-state index in [1.165, 1.54) is 0 Å². The van der Waals surface area contributed by atoms with Crippen LogP contribution in [-0.4, -0.2) is 77.5 Å². The van der Waals surface area contributed by atoms with E-state index in [-0.39, 0.29) is 6.04 Å². The summed E-state index contributed by atoms with van der Waals surface area (Å²) >= 11 is 0. The molecule has 1 fully saturated rings. The van der Waals surface area contributed by atoms with Crippen molar-refractivity contribution < 1.29 is 5.11 Å². The highest BCUT2D eigenvalue weighted by Gasteiger charge is 2.31. The normalized spacial score (nSPS) is 14.8. The van der Waals surface area contributed by atoms with Crippen LogP contribution in [0.4, 0.5) is 11.8 Å². The molecular weight excluding hydrogens is 456 g/mol. The smallest absolute Gasteiger partial charge is 0.229 e. The molecule has 1 aliphatic heterocycles. The molecule has 11 heteroatoms. The highest BCUT2D eigenvalue weighted by molar-refractivity contribution is 5.84. The van der Waals surface area contributed by atoms with Gasteiger partial charge < -0.3 is 24.8 Å². The van der Waals surface area contributed by atoms with Gasteiger partial charge in [0.1, 0.15) is 5.60 Å². The Morgan fingerprint density at radius 1 is 1.17 bits per heavy atom. The number of aliphatic hydroxyl groups is 1. The summed E-state index contributed by atoms with van der Waals surface area (Å²) in [7, 11) is 4.20. The van der Waals surface area contributed by atoms with Gasteiger partial charge in [0.05, 0.1) is 12.0 Å². The van der Waals surface area contributed by atoms with E-state index < -0.39 is 5.60 Å². The quantitative estimate of drug-likeness (QED) is 0.385. The van der Waals surface area contributed by atoms with Crippen LogP contribution in [0.3, 0.4) is 0 Å². The van der Waals surface area contributed by atoms with Gasteiger partial charge in [-0.05, 0) is 53.9 Å². The van der Waals surface area contributed by atoms with Crippen LogP contribution < -0.4 is 10.2 Å². The van der Waals surface area contributed by atoms with E-state index in [1.54, 1.807) is 30.8 Å². The Morgan fingerprint density at radius 3 is 2.61 bits per heavy atom. The number of nitrogens with one attached hydrogen (secondary N) is 1. The first-order valence-corrected chi connectivity index (χ1v) is 12.2. The third-order valence-electron chi connectivity index (χ3n) is 6.59. The minimum absolute atomic E-state index is 0.228. The maximum atomic E-state index is 10.3. The van der Waals surface area contributed by atoms with Crippen molar-refractivity contribution in [2.45, 2.75) is 51.9 Å². The van der Waals surface area contributed by atoms with E-state index in [0.29, 0.717) is 35.9 Å². The van der Waals surface area contributed by atoms with Crippen molar-refractivity contribution in [3.8, 4) is 5.82 Å². The Morgan fingerprint density at radius 2 is 1.94 bits per heavy atom. The number of rotatable bonds is 8. The van der Waals surface area contributed by atoms with Gasteiger partial charge in [-0.25, -0.2) is 14.6 Å². The number of anilines is 2. The topological polar surface area (TPSA) is 113 Å². The highest BCUT2D eigenvalue weighted by atomic mass is 16.3. The highest BCUT2D eigenvalue weighted by Crippen LogP contribution is 2.28. The molecule has 2 N–H and O–H groups in total. The second-order valence-electron chi connectivity index (χ2n) is 10.4. The summed E-state index contributed by atoms with van der Waals surface area (Å²) in [6.07, 6.45) is 5.38. The maximum Gasteiger partial charge on any atom is 0.229 e. The van der Waals surface area contributed by atoms with Gasteiger partial charge in [0.25, 0.3) is 0 Å². The number of nitrogens with zero attached hydrogens (tertiary/aromatic N) is 9. The molecule has 0 spiro atoms. The van der Waals surface area contributed by atoms with Crippen LogP contribution >= 0.6 is 0 Å². The predicted molar refractivity (Wildman–Crippen MR) is 139 cm³/mol. The Balaban J connectivity index is 1.46. The molecule has 4 aromatic heterocycles. The van der Waals surface area contributed by atoms with Crippen molar-refractivity contribution in [2.75, 3.05) is 37.4 Å². The van der Waals surface area contributed by atoms with E-state index in [4.69, 9.17) is 9.97 Å². The minimum atomic E-state index is -1.03. The number of fused-ring (bicyclic) bond motifs is 1. The summed E-state index contributed by atoms with van der Waals surface area (Å²) < 4.78 is 3.77. The van der Waals surface area contributed by atoms with Crippen molar-refractivity contribution in [2.24, 2.45) is 0 Å². The minimum Gasteiger partial charge on any atom is -0.384 e. The molecule has 0 radical (unpaired) electrons. The average molecular weight is 491 g/mol. The number of aromatic nitrogens is 7. The molecule has 0 saturated carbocycles. The maximum absolute atomic E-state index is 10.3. The van der Waals surface area contributed by atoms with Gasteiger partial charge in [-0.15, -0.1) is 0 Å². The fraction of sp³-hybridized carbons (Fsp3) is 0.480. The molecule has 5 heterocycles. The second kappa shape index (κ2) is 9.14. The molecule has 4 aromatic rings. The standard InChI is InChI=1S/C25H34N10O/c1-16(2)34-15-28-20-21(29-24(30-23(20)34)33-13-18(14-33)32(5)6)27-12-17-8-7-10-26-22(17)35-11-9-19(31-35)25(3,4)36/h7-11,15-16,18,36H,12-14H2,1-6H3,(H,27,29,30). The Hall–Kier alpha value is -3.57. The molecule has 0 bridgehead atoms. The van der Waals surface area contributed by atoms with Gasteiger partial charge in [-0.2, -0.15) is 15.1 Å². The molecule has 36 heavy (non-hydrogen) atoms. The summed E-state index contributed by atoms with van der Waals surface area (Å²) in [5.41, 5.74) is 2.05. The fourth-order valence-corrected chi connectivity index (χ4v) is 4.21. The monoisotopic (exact) mass is 490 g/mol. The molecular formula is C25H34N10O. The first-order chi connectivity index (χ1) is 17.1. The van der Waals surface area contributed by atoms with Gasteiger partial charge in [-0.3, -0.25) is 0 Å². The fourth-order valence-electron chi connectivity index (χ4n) is 4.21. The van der Waals surface area contributed by atoms with E-state index in [0.717, 1.165) is 29.8 Å². The largest absolute Gasteiger partial charge is 0.384 e. The molecule has 1 aliphatic rings. The summed E-state index contributed by atoms with van der Waals surface area (Å²) in [6, 6.07) is 6.43. The number of imidazole rings is 1. The number of hydrogen-bond donors (Lipinski definition) is 2. The number of pyridine rings is 1. The van der Waals surface area contributed by atoms with Crippen LogP contribution in [0.2, 0.25) is 0 Å². The molecule has 0 unspecified atom stereocenters. The van der Waals surface area contributed by atoms with E-state index >= 15 is 0 Å². The lowest BCUT2D eigenvalue weighted by molar-refractivity contribution is 0.0734. The Labute approximate surface area is 210 Å². The van der Waals surface area contributed by atoms with Gasteiger partial charge in [-0.1, -0.05) is 6.07 Å². The van der Waals surface area contributed by atoms with E-state index in [9.17, 15) is 5.11 Å². The van der Waals surface area contributed by atoms with Gasteiger partial charge >= 0.3 is 0 Å². The van der Waals surface area contributed by atoms with E-state index in [2.05, 4.69) is 62.7 Å². The first kappa shape index (κ1) is 24.1. The molecule has 0 aliphatic carbocycles. The Bertz CT molecular complexity index is 1360. The molecule has 1 saturated heterocycles. The molecule has 0 amide bonds. The summed E-state index contributed by atoms with van der Waals surface area (Å²) in [4.78, 5) is 23.4. The van der Waals surface area contributed by atoms with Crippen LogP contribution in [0.15, 0.2) is 36.9 Å². The van der Waals surface area contributed by atoms with Crippen LogP contribution in [0.25, 0.3) is 17.0 Å². The van der Waals surface area contributed by atoms with Crippen molar-refractivity contribution in [1.82, 2.24) is 39.2 Å². The lowest BCUT2D eigenvalue weighted by Gasteiger charge is -2.42. The molecule has 0 atom stereocenters. The zero-order chi connectivity index (χ0) is 25.6. The van der Waals surface area contributed by atoms with Crippen LogP contribution in [0, 0.1) is 0 Å². The molecule has 5 rings (SSSR count). The number of hydrogen-bond acceptors (Lipinski definition) is 9. The average Bonchev–Trinajstić information content (AvgIpc) is 3.44. The van der Waals surface area contributed by atoms with Gasteiger partial charge in [0.2, 0.25) is 5.95 Å². The Kier molecular flexibility index (Phi) is 6.13. The third-order valence-corrected chi connectivity index (χ3v) is 6.59. The van der Waals surface area contributed by atoms with Crippen molar-refractivity contribution in [3.05, 3.63) is 48.2 Å². The zero-order valence-electron chi connectivity index (χ0n) is 21.7. The molecule has 190 valence electrons. The number of likely N-dealkylation sites (N-methyl/N-ethyl adjacent to an activating group) is 1. The lowest BCUT2D eigenvalue weighted by atomic mass is 10.1. The van der Waals surface area contributed by atoms with Crippen LogP contribution in [-0.2, 0) is 12.1 Å². The summed E-state index contributed by atoms with van der Waals surface area (Å²) in [5, 5.41) is 18.3.